The Hall–Kier alpha value is -2.32. The smallest absolute Gasteiger partial charge is 0.317 e. The van der Waals surface area contributed by atoms with Gasteiger partial charge in [-0.15, -0.1) is 0 Å². The summed E-state index contributed by atoms with van der Waals surface area (Å²) in [6.07, 6.45) is 12.4. The number of aromatic nitrogens is 3. The van der Waals surface area contributed by atoms with Crippen molar-refractivity contribution in [2.45, 2.75) is 50.5 Å². The lowest BCUT2D eigenvalue weighted by molar-refractivity contribution is 0.155. The molecule has 1 saturated heterocycles. The minimum absolute atomic E-state index is 0.0119. The minimum atomic E-state index is -0.371. The van der Waals surface area contributed by atoms with Crippen LogP contribution in [0.25, 0.3) is 16.9 Å². The fourth-order valence-electron chi connectivity index (χ4n) is 5.24. The Morgan fingerprint density at radius 3 is 2.78 bits per heavy atom. The highest BCUT2D eigenvalue weighted by Gasteiger charge is 2.33. The van der Waals surface area contributed by atoms with E-state index in [-0.39, 0.29) is 11.6 Å². The van der Waals surface area contributed by atoms with Gasteiger partial charge in [-0.2, -0.15) is 9.61 Å². The molecule has 2 aromatic heterocycles. The van der Waals surface area contributed by atoms with E-state index in [1.807, 2.05) is 35.2 Å². The molecule has 3 heterocycles. The molecule has 1 aromatic carbocycles. The van der Waals surface area contributed by atoms with E-state index in [2.05, 4.69) is 44.5 Å². The van der Waals surface area contributed by atoms with Crippen molar-refractivity contribution in [1.82, 2.24) is 24.8 Å². The number of halogens is 2. The van der Waals surface area contributed by atoms with Crippen LogP contribution in [0.3, 0.4) is 0 Å². The van der Waals surface area contributed by atoms with Gasteiger partial charge in [0.15, 0.2) is 5.65 Å². The fourth-order valence-corrected chi connectivity index (χ4v) is 5.82. The van der Waals surface area contributed by atoms with E-state index >= 15 is 0 Å². The lowest BCUT2D eigenvalue weighted by Gasteiger charge is -2.38. The lowest BCUT2D eigenvalue weighted by atomic mass is 9.87. The van der Waals surface area contributed by atoms with Gasteiger partial charge in [-0.3, -0.25) is 0 Å². The summed E-state index contributed by atoms with van der Waals surface area (Å²) < 4.78 is 2.61. The van der Waals surface area contributed by atoms with E-state index in [1.54, 1.807) is 10.7 Å². The maximum absolute atomic E-state index is 13.2. The van der Waals surface area contributed by atoms with Crippen LogP contribution in [0.2, 0.25) is 5.02 Å². The maximum Gasteiger partial charge on any atom is 0.317 e. The number of anilines is 1. The molecule has 37 heavy (non-hydrogen) atoms. The van der Waals surface area contributed by atoms with Gasteiger partial charge in [0.05, 0.1) is 16.4 Å². The van der Waals surface area contributed by atoms with Crippen LogP contribution in [0, 0.1) is 25.7 Å². The van der Waals surface area contributed by atoms with Crippen LogP contribution in [0.5, 0.6) is 0 Å². The van der Waals surface area contributed by atoms with Crippen LogP contribution < -0.4 is 10.6 Å². The third kappa shape index (κ3) is 5.90. The van der Waals surface area contributed by atoms with E-state index in [9.17, 15) is 4.79 Å². The molecule has 5 rings (SSSR count). The molecule has 3 aromatic rings. The van der Waals surface area contributed by atoms with Crippen LogP contribution >= 0.6 is 27.5 Å². The van der Waals surface area contributed by atoms with E-state index in [4.69, 9.17) is 23.5 Å². The Labute approximate surface area is 232 Å². The molecule has 1 atom stereocenters. The Morgan fingerprint density at radius 2 is 2.03 bits per heavy atom. The summed E-state index contributed by atoms with van der Waals surface area (Å²) in [5.74, 6) is 1.14. The van der Waals surface area contributed by atoms with Gasteiger partial charge >= 0.3 is 6.03 Å². The third-order valence-corrected chi connectivity index (χ3v) is 8.25. The number of likely N-dealkylation sites (tertiary alicyclic amines) is 1. The molecule has 1 aliphatic heterocycles. The van der Waals surface area contributed by atoms with Gasteiger partial charge in [0.2, 0.25) is 0 Å². The molecule has 1 unspecified atom stereocenters. The highest BCUT2D eigenvalue weighted by atomic mass is 79.9. The first-order valence-electron chi connectivity index (χ1n) is 12.9. The van der Waals surface area contributed by atoms with E-state index in [1.165, 1.54) is 0 Å². The van der Waals surface area contributed by atoms with Gasteiger partial charge in [0.25, 0.3) is 0 Å². The molecule has 2 fully saturated rings. The van der Waals surface area contributed by atoms with E-state index < -0.39 is 0 Å². The molecule has 1 saturated carbocycles. The number of benzene rings is 1. The summed E-state index contributed by atoms with van der Waals surface area (Å²) in [7, 11) is 0. The van der Waals surface area contributed by atoms with Crippen LogP contribution in [0.15, 0.2) is 41.0 Å². The zero-order valence-electron chi connectivity index (χ0n) is 20.8. The number of hydrogen-bond acceptors (Lipinski definition) is 4. The number of urea groups is 1. The highest BCUT2D eigenvalue weighted by Crippen LogP contribution is 2.31. The zero-order valence-corrected chi connectivity index (χ0v) is 23.1. The topological polar surface area (TPSA) is 74.6 Å². The molecule has 2 aliphatic rings. The Bertz CT molecular complexity index is 1240. The van der Waals surface area contributed by atoms with Crippen molar-refractivity contribution in [3.63, 3.8) is 0 Å². The second-order valence-electron chi connectivity index (χ2n) is 10.0. The molecular formula is C28H32BrClN6O. The molecule has 9 heteroatoms. The maximum atomic E-state index is 13.2. The van der Waals surface area contributed by atoms with Crippen molar-refractivity contribution in [2.75, 3.05) is 25.0 Å². The second-order valence-corrected chi connectivity index (χ2v) is 11.3. The number of carbonyl (C=O) groups excluding carboxylic acids is 1. The van der Waals surface area contributed by atoms with Crippen LogP contribution in [0.4, 0.5) is 10.6 Å². The quantitative estimate of drug-likeness (QED) is 0.326. The van der Waals surface area contributed by atoms with Gasteiger partial charge in [-0.05, 0) is 92.6 Å². The number of nitrogens with one attached hydrogen (secondary N) is 2. The average Bonchev–Trinajstić information content (AvgIpc) is 3.14. The van der Waals surface area contributed by atoms with E-state index in [0.717, 1.165) is 66.6 Å². The van der Waals surface area contributed by atoms with Gasteiger partial charge in [-0.1, -0.05) is 29.8 Å². The van der Waals surface area contributed by atoms with Crippen molar-refractivity contribution < 1.29 is 4.79 Å². The van der Waals surface area contributed by atoms with Gasteiger partial charge in [0.1, 0.15) is 5.82 Å². The Morgan fingerprint density at radius 1 is 1.24 bits per heavy atom. The molecule has 0 spiro atoms. The van der Waals surface area contributed by atoms with Crippen molar-refractivity contribution in [3.05, 3.63) is 65.8 Å². The lowest BCUT2D eigenvalue weighted by Crippen LogP contribution is -2.55. The Balaban J connectivity index is 1.28. The van der Waals surface area contributed by atoms with E-state index in [0.29, 0.717) is 36.1 Å². The number of piperidine rings is 1. The number of hydrogen-bond donors (Lipinski definition) is 2. The normalized spacial score (nSPS) is 20.0. The summed E-state index contributed by atoms with van der Waals surface area (Å²) in [6.45, 7) is 8.30. The molecule has 2 amide bonds. The van der Waals surface area contributed by atoms with Crippen molar-refractivity contribution in [2.24, 2.45) is 5.92 Å². The molecule has 2 N–H and O–H groups in total. The first-order valence-corrected chi connectivity index (χ1v) is 14.1. The number of fused-ring (bicyclic) bond motifs is 1. The summed E-state index contributed by atoms with van der Waals surface area (Å²) >= 11 is 10.0. The molecule has 4 radical (unpaired) electrons. The Kier molecular flexibility index (Phi) is 8.24. The predicted molar refractivity (Wildman–Crippen MR) is 151 cm³/mol. The van der Waals surface area contributed by atoms with Gasteiger partial charge in [-0.25, -0.2) is 9.78 Å². The standard InChI is InChI=1S/C28H32BrClN6O/c1-2-28(13-7-3-4-8-14-28)34-27(37)35-15-9-10-20(19-35)17-31-25-16-24(21-11-5-6-12-23(21)30)33-26-22(29)18-32-36(25)26/h1,5-8,11-12,16,18,20,31H,2-4,9-10,13-15,17,19H2,(H,34,37). The molecule has 7 nitrogen and oxygen atoms in total. The highest BCUT2D eigenvalue weighted by molar-refractivity contribution is 9.10. The van der Waals surface area contributed by atoms with Crippen LogP contribution in [0.1, 0.15) is 44.9 Å². The fraction of sp³-hybridized carbons (Fsp3) is 0.429. The number of rotatable bonds is 6. The molecular weight excluding hydrogens is 552 g/mol. The monoisotopic (exact) mass is 582 g/mol. The predicted octanol–water partition coefficient (Wildman–Crippen LogP) is 6.47. The summed E-state index contributed by atoms with van der Waals surface area (Å²) in [5, 5.41) is 12.0. The summed E-state index contributed by atoms with van der Waals surface area (Å²) in [6, 6.07) is 9.65. The number of carbonyl (C=O) groups is 1. The molecule has 0 bridgehead atoms. The first-order chi connectivity index (χ1) is 18.0. The van der Waals surface area contributed by atoms with Gasteiger partial charge < -0.3 is 15.5 Å². The second kappa shape index (κ2) is 11.6. The van der Waals surface area contributed by atoms with Crippen LogP contribution in [-0.2, 0) is 0 Å². The minimum Gasteiger partial charge on any atom is -0.370 e. The molecule has 1 aliphatic carbocycles. The summed E-state index contributed by atoms with van der Waals surface area (Å²) in [5.41, 5.74) is 1.98. The van der Waals surface area contributed by atoms with Crippen molar-refractivity contribution in [3.8, 4) is 11.3 Å². The van der Waals surface area contributed by atoms with Crippen molar-refractivity contribution in [1.29, 1.82) is 0 Å². The number of amides is 2. The first kappa shape index (κ1) is 26.3. The van der Waals surface area contributed by atoms with Gasteiger partial charge in [0, 0.05) is 41.8 Å². The number of nitrogens with zero attached hydrogens (tertiary/aromatic N) is 4. The SMILES string of the molecule is [CH]CC1(NC(=O)N2CCCC(CNc3cc(-c4ccccc4Cl)nc4c(Br)cnn34)C2)C[CH]CC[CH]C1. The third-order valence-electron chi connectivity index (χ3n) is 7.36. The average molecular weight is 584 g/mol. The molecule has 194 valence electrons. The van der Waals surface area contributed by atoms with Crippen molar-refractivity contribution >= 4 is 45.0 Å². The zero-order chi connectivity index (χ0) is 25.8. The largest absolute Gasteiger partial charge is 0.370 e. The van der Waals surface area contributed by atoms with Crippen LogP contribution in [-0.4, -0.2) is 50.7 Å². The summed E-state index contributed by atoms with van der Waals surface area (Å²) in [4.78, 5) is 20.0.